The van der Waals surface area contributed by atoms with E-state index in [2.05, 4.69) is 9.82 Å². The van der Waals surface area contributed by atoms with Crippen LogP contribution in [0.2, 0.25) is 0 Å². The van der Waals surface area contributed by atoms with Gasteiger partial charge in [0.25, 0.3) is 0 Å². The number of rotatable bonds is 6. The number of aromatic nitrogens is 2. The topological polar surface area (TPSA) is 84.3 Å². The highest BCUT2D eigenvalue weighted by molar-refractivity contribution is 7.88. The van der Waals surface area contributed by atoms with Crippen molar-refractivity contribution in [3.8, 4) is 0 Å². The van der Waals surface area contributed by atoms with Crippen LogP contribution < -0.4 is 4.72 Å². The van der Waals surface area contributed by atoms with E-state index >= 15 is 0 Å². The van der Waals surface area contributed by atoms with Gasteiger partial charge in [0.05, 0.1) is 6.26 Å². The molecule has 1 aromatic heterocycles. The van der Waals surface area contributed by atoms with Crippen molar-refractivity contribution in [1.82, 2.24) is 19.4 Å². The first kappa shape index (κ1) is 16.0. The van der Waals surface area contributed by atoms with Gasteiger partial charge in [-0.15, -0.1) is 0 Å². The Bertz CT molecular complexity index is 556. The van der Waals surface area contributed by atoms with Crippen LogP contribution >= 0.6 is 0 Å². The summed E-state index contributed by atoms with van der Waals surface area (Å²) in [6.45, 7) is 2.37. The van der Waals surface area contributed by atoms with Gasteiger partial charge in [-0.1, -0.05) is 0 Å². The molecule has 1 amide bonds. The second-order valence-electron chi connectivity index (χ2n) is 5.49. The summed E-state index contributed by atoms with van der Waals surface area (Å²) in [6.07, 6.45) is 6.98. The highest BCUT2D eigenvalue weighted by Crippen LogP contribution is 2.16. The summed E-state index contributed by atoms with van der Waals surface area (Å²) in [6, 6.07) is 1.83. The monoisotopic (exact) mass is 314 g/mol. The maximum Gasteiger partial charge on any atom is 0.224 e. The number of likely N-dealkylation sites (tertiary alicyclic amines) is 1. The van der Waals surface area contributed by atoms with Gasteiger partial charge in [-0.3, -0.25) is 9.48 Å². The van der Waals surface area contributed by atoms with Crippen LogP contribution in [-0.2, 0) is 21.4 Å². The quantitative estimate of drug-likeness (QED) is 0.805. The first-order valence-electron chi connectivity index (χ1n) is 7.14. The van der Waals surface area contributed by atoms with Crippen LogP contribution in [-0.4, -0.2) is 54.9 Å². The number of hydrogen-bond donors (Lipinski definition) is 1. The van der Waals surface area contributed by atoms with Crippen LogP contribution in [0.25, 0.3) is 0 Å². The number of nitrogens with one attached hydrogen (secondary N) is 1. The summed E-state index contributed by atoms with van der Waals surface area (Å²) in [4.78, 5) is 14.0. The molecule has 2 heterocycles. The highest BCUT2D eigenvalue weighted by atomic mass is 32.2. The lowest BCUT2D eigenvalue weighted by Crippen LogP contribution is -2.43. The second kappa shape index (κ2) is 7.04. The van der Waals surface area contributed by atoms with Crippen molar-refractivity contribution in [3.05, 3.63) is 18.5 Å². The number of carbonyl (C=O) groups is 1. The number of hydrogen-bond acceptors (Lipinski definition) is 4. The van der Waals surface area contributed by atoms with E-state index in [1.807, 2.05) is 17.2 Å². The molecule has 0 aromatic carbocycles. The largest absolute Gasteiger partial charge is 0.342 e. The van der Waals surface area contributed by atoms with E-state index in [4.69, 9.17) is 0 Å². The molecule has 1 saturated heterocycles. The average molecular weight is 314 g/mol. The third-order valence-electron chi connectivity index (χ3n) is 3.62. The molecule has 1 fully saturated rings. The van der Waals surface area contributed by atoms with E-state index < -0.39 is 10.0 Å². The molecule has 0 unspecified atom stereocenters. The van der Waals surface area contributed by atoms with Crippen molar-refractivity contribution in [1.29, 1.82) is 0 Å². The van der Waals surface area contributed by atoms with Crippen LogP contribution in [0.15, 0.2) is 18.5 Å². The molecule has 0 radical (unpaired) electrons. The molecule has 8 heteroatoms. The normalized spacial score (nSPS) is 19.7. The fourth-order valence-electron chi connectivity index (χ4n) is 2.53. The molecule has 1 aliphatic rings. The smallest absolute Gasteiger partial charge is 0.224 e. The third kappa shape index (κ3) is 5.47. The van der Waals surface area contributed by atoms with E-state index in [0.29, 0.717) is 26.1 Å². The Morgan fingerprint density at radius 2 is 2.29 bits per heavy atom. The zero-order valence-corrected chi connectivity index (χ0v) is 13.1. The first-order valence-corrected chi connectivity index (χ1v) is 9.03. The van der Waals surface area contributed by atoms with Gasteiger partial charge in [-0.25, -0.2) is 13.1 Å². The molecule has 1 aliphatic heterocycles. The Balaban J connectivity index is 1.78. The van der Waals surface area contributed by atoms with Gasteiger partial charge in [-0.05, 0) is 24.8 Å². The lowest BCUT2D eigenvalue weighted by atomic mass is 9.98. The maximum atomic E-state index is 12.2. The molecule has 0 bridgehead atoms. The van der Waals surface area contributed by atoms with Crippen LogP contribution in [0.4, 0.5) is 0 Å². The van der Waals surface area contributed by atoms with Crippen molar-refractivity contribution in [3.63, 3.8) is 0 Å². The van der Waals surface area contributed by atoms with Crippen LogP contribution in [0, 0.1) is 5.92 Å². The van der Waals surface area contributed by atoms with Crippen LogP contribution in [0.1, 0.15) is 19.3 Å². The molecule has 2 rings (SSSR count). The molecule has 0 saturated carbocycles. The number of sulfonamides is 1. The SMILES string of the molecule is CS(=O)(=O)NC[C@@H]1CCCN(C(=O)CCn2cccn2)C1. The van der Waals surface area contributed by atoms with Gasteiger partial charge >= 0.3 is 0 Å². The molecular formula is C13H22N4O3S. The van der Waals surface area contributed by atoms with Crippen LogP contribution in [0.5, 0.6) is 0 Å². The molecule has 118 valence electrons. The van der Waals surface area contributed by atoms with Gasteiger partial charge < -0.3 is 4.90 Å². The minimum absolute atomic E-state index is 0.106. The van der Waals surface area contributed by atoms with Crippen molar-refractivity contribution in [2.45, 2.75) is 25.8 Å². The predicted octanol–water partition coefficient (Wildman–Crippen LogP) is 0.0610. The molecule has 1 N–H and O–H groups in total. The van der Waals surface area contributed by atoms with E-state index in [-0.39, 0.29) is 11.8 Å². The summed E-state index contributed by atoms with van der Waals surface area (Å²) in [7, 11) is -3.17. The molecule has 7 nitrogen and oxygen atoms in total. The molecule has 0 aliphatic carbocycles. The highest BCUT2D eigenvalue weighted by Gasteiger charge is 2.23. The molecule has 1 aromatic rings. The first-order chi connectivity index (χ1) is 9.94. The number of piperidine rings is 1. The van der Waals surface area contributed by atoms with E-state index in [1.54, 1.807) is 10.9 Å². The van der Waals surface area contributed by atoms with E-state index in [9.17, 15) is 13.2 Å². The molecular weight excluding hydrogens is 292 g/mol. The number of carbonyl (C=O) groups excluding carboxylic acids is 1. The fraction of sp³-hybridized carbons (Fsp3) is 0.692. The Labute approximate surface area is 125 Å². The molecule has 1 atom stereocenters. The Morgan fingerprint density at radius 1 is 1.48 bits per heavy atom. The van der Waals surface area contributed by atoms with Gasteiger partial charge in [0.15, 0.2) is 0 Å². The summed E-state index contributed by atoms with van der Waals surface area (Å²) in [5.74, 6) is 0.302. The number of aryl methyl sites for hydroxylation is 1. The minimum atomic E-state index is -3.17. The van der Waals surface area contributed by atoms with Gasteiger partial charge in [0.2, 0.25) is 15.9 Å². The van der Waals surface area contributed by atoms with Crippen molar-refractivity contribution < 1.29 is 13.2 Å². The van der Waals surface area contributed by atoms with Gasteiger partial charge in [-0.2, -0.15) is 5.10 Å². The van der Waals surface area contributed by atoms with E-state index in [0.717, 1.165) is 25.6 Å². The van der Waals surface area contributed by atoms with Crippen molar-refractivity contribution in [2.75, 3.05) is 25.9 Å². The van der Waals surface area contributed by atoms with E-state index in [1.165, 1.54) is 0 Å². The number of amides is 1. The summed E-state index contributed by atoms with van der Waals surface area (Å²) >= 11 is 0. The number of nitrogens with zero attached hydrogens (tertiary/aromatic N) is 3. The van der Waals surface area contributed by atoms with Gasteiger partial charge in [0, 0.05) is 45.0 Å². The lowest BCUT2D eigenvalue weighted by molar-refractivity contribution is -0.133. The van der Waals surface area contributed by atoms with Crippen LogP contribution in [0.3, 0.4) is 0 Å². The lowest BCUT2D eigenvalue weighted by Gasteiger charge is -2.32. The summed E-state index contributed by atoms with van der Waals surface area (Å²) < 4.78 is 26.5. The fourth-order valence-corrected chi connectivity index (χ4v) is 3.07. The summed E-state index contributed by atoms with van der Waals surface area (Å²) in [5.41, 5.74) is 0. The second-order valence-corrected chi connectivity index (χ2v) is 7.32. The molecule has 21 heavy (non-hydrogen) atoms. The third-order valence-corrected chi connectivity index (χ3v) is 4.31. The molecule has 0 spiro atoms. The zero-order valence-electron chi connectivity index (χ0n) is 12.2. The minimum Gasteiger partial charge on any atom is -0.342 e. The average Bonchev–Trinajstić information content (AvgIpc) is 2.95. The Kier molecular flexibility index (Phi) is 5.35. The summed E-state index contributed by atoms with van der Waals surface area (Å²) in [5, 5.41) is 4.07. The zero-order chi connectivity index (χ0) is 15.3. The standard InChI is InChI=1S/C13H22N4O3S/c1-21(19,20)15-10-12-4-2-7-16(11-12)13(18)5-9-17-8-3-6-14-17/h3,6,8,12,15H,2,4-5,7,9-11H2,1H3/t12-/m0/s1. The Morgan fingerprint density at radius 3 is 2.95 bits per heavy atom. The predicted molar refractivity (Wildman–Crippen MR) is 79.0 cm³/mol. The van der Waals surface area contributed by atoms with Crippen molar-refractivity contribution in [2.24, 2.45) is 5.92 Å². The maximum absolute atomic E-state index is 12.2. The Hall–Kier alpha value is -1.41. The van der Waals surface area contributed by atoms with Gasteiger partial charge in [0.1, 0.15) is 0 Å². The van der Waals surface area contributed by atoms with Crippen molar-refractivity contribution >= 4 is 15.9 Å².